The standard InChI is InChI=1S/C12H9ClN2O2S/c13-10-5-8(12(16)17)1-2-9(10)6-18-11-3-4-14-7-15-11/h1-5,7H,6H2,(H,16,17). The van der Waals surface area contributed by atoms with Crippen LogP contribution < -0.4 is 0 Å². The number of aromatic nitrogens is 2. The summed E-state index contributed by atoms with van der Waals surface area (Å²) in [5.41, 5.74) is 1.07. The highest BCUT2D eigenvalue weighted by atomic mass is 35.5. The number of carboxylic acids is 1. The largest absolute Gasteiger partial charge is 0.478 e. The fraction of sp³-hybridized carbons (Fsp3) is 0.0833. The van der Waals surface area contributed by atoms with Gasteiger partial charge in [0.05, 0.1) is 10.6 Å². The molecule has 1 aromatic heterocycles. The van der Waals surface area contributed by atoms with Crippen LogP contribution in [0.15, 0.2) is 41.8 Å². The molecule has 0 aliphatic carbocycles. The Morgan fingerprint density at radius 3 is 2.83 bits per heavy atom. The van der Waals surface area contributed by atoms with Crippen LogP contribution in [0.25, 0.3) is 0 Å². The molecule has 0 radical (unpaired) electrons. The Morgan fingerprint density at radius 1 is 1.39 bits per heavy atom. The maximum atomic E-state index is 10.8. The average molecular weight is 281 g/mol. The number of rotatable bonds is 4. The summed E-state index contributed by atoms with van der Waals surface area (Å²) in [7, 11) is 0. The lowest BCUT2D eigenvalue weighted by Crippen LogP contribution is -1.96. The molecule has 0 atom stereocenters. The van der Waals surface area contributed by atoms with Crippen molar-refractivity contribution in [3.8, 4) is 0 Å². The van der Waals surface area contributed by atoms with Crippen molar-refractivity contribution in [2.24, 2.45) is 0 Å². The number of halogens is 1. The maximum absolute atomic E-state index is 10.8. The van der Waals surface area contributed by atoms with Crippen molar-refractivity contribution >= 4 is 29.3 Å². The zero-order chi connectivity index (χ0) is 13.0. The molecule has 0 amide bonds. The number of thioether (sulfide) groups is 1. The summed E-state index contributed by atoms with van der Waals surface area (Å²) < 4.78 is 0. The van der Waals surface area contributed by atoms with E-state index < -0.39 is 5.97 Å². The molecule has 1 heterocycles. The summed E-state index contributed by atoms with van der Waals surface area (Å²) in [5, 5.41) is 10.1. The van der Waals surface area contributed by atoms with Crippen LogP contribution in [-0.2, 0) is 5.75 Å². The minimum Gasteiger partial charge on any atom is -0.478 e. The lowest BCUT2D eigenvalue weighted by molar-refractivity contribution is 0.0697. The predicted molar refractivity (Wildman–Crippen MR) is 70.0 cm³/mol. The fourth-order valence-electron chi connectivity index (χ4n) is 1.31. The lowest BCUT2D eigenvalue weighted by Gasteiger charge is -2.04. The molecule has 0 spiro atoms. The minimum absolute atomic E-state index is 0.191. The van der Waals surface area contributed by atoms with Crippen LogP contribution in [0.3, 0.4) is 0 Å². The Kier molecular flexibility index (Phi) is 4.17. The molecule has 2 rings (SSSR count). The van der Waals surface area contributed by atoms with Crippen LogP contribution >= 0.6 is 23.4 Å². The fourth-order valence-corrected chi connectivity index (χ4v) is 2.47. The van der Waals surface area contributed by atoms with E-state index in [2.05, 4.69) is 9.97 Å². The first-order valence-electron chi connectivity index (χ1n) is 5.07. The number of hydrogen-bond donors (Lipinski definition) is 1. The van der Waals surface area contributed by atoms with Crippen LogP contribution in [0.4, 0.5) is 0 Å². The topological polar surface area (TPSA) is 63.1 Å². The number of nitrogens with zero attached hydrogens (tertiary/aromatic N) is 2. The van der Waals surface area contributed by atoms with Gasteiger partial charge in [-0.3, -0.25) is 0 Å². The smallest absolute Gasteiger partial charge is 0.335 e. The first-order valence-corrected chi connectivity index (χ1v) is 6.43. The monoisotopic (exact) mass is 280 g/mol. The summed E-state index contributed by atoms with van der Waals surface area (Å²) in [6.45, 7) is 0. The Hall–Kier alpha value is -1.59. The summed E-state index contributed by atoms with van der Waals surface area (Å²) in [4.78, 5) is 18.7. The highest BCUT2D eigenvalue weighted by molar-refractivity contribution is 7.98. The van der Waals surface area contributed by atoms with E-state index in [4.69, 9.17) is 16.7 Å². The zero-order valence-corrected chi connectivity index (χ0v) is 10.8. The minimum atomic E-state index is -0.980. The molecular formula is C12H9ClN2O2S. The van der Waals surface area contributed by atoms with Gasteiger partial charge in [0.25, 0.3) is 0 Å². The van der Waals surface area contributed by atoms with Gasteiger partial charge in [-0.15, -0.1) is 11.8 Å². The van der Waals surface area contributed by atoms with Crippen LogP contribution in [0.2, 0.25) is 5.02 Å². The van der Waals surface area contributed by atoms with E-state index in [9.17, 15) is 4.79 Å². The number of carbonyl (C=O) groups is 1. The number of aromatic carboxylic acids is 1. The van der Waals surface area contributed by atoms with Crippen molar-refractivity contribution in [2.45, 2.75) is 10.8 Å². The third kappa shape index (κ3) is 3.21. The second kappa shape index (κ2) is 5.84. The molecule has 0 bridgehead atoms. The van der Waals surface area contributed by atoms with E-state index in [0.717, 1.165) is 10.6 Å². The van der Waals surface area contributed by atoms with Gasteiger partial charge < -0.3 is 5.11 Å². The SMILES string of the molecule is O=C(O)c1ccc(CSc2ccncn2)c(Cl)c1. The quantitative estimate of drug-likeness (QED) is 0.689. The van der Waals surface area contributed by atoms with Crippen molar-refractivity contribution in [1.29, 1.82) is 0 Å². The average Bonchev–Trinajstić information content (AvgIpc) is 2.38. The highest BCUT2D eigenvalue weighted by Crippen LogP contribution is 2.26. The van der Waals surface area contributed by atoms with Gasteiger partial charge >= 0.3 is 5.97 Å². The number of benzene rings is 1. The van der Waals surface area contributed by atoms with Crippen LogP contribution in [-0.4, -0.2) is 21.0 Å². The Balaban J connectivity index is 2.08. The second-order valence-electron chi connectivity index (χ2n) is 3.45. The van der Waals surface area contributed by atoms with Gasteiger partial charge in [-0.25, -0.2) is 14.8 Å². The first kappa shape index (κ1) is 12.9. The van der Waals surface area contributed by atoms with Crippen molar-refractivity contribution in [3.05, 3.63) is 52.9 Å². The molecule has 0 aliphatic rings. The van der Waals surface area contributed by atoms with E-state index in [1.165, 1.54) is 24.2 Å². The molecular weight excluding hydrogens is 272 g/mol. The molecule has 1 aromatic carbocycles. The summed E-state index contributed by atoms with van der Waals surface area (Å²) in [6.07, 6.45) is 3.15. The van der Waals surface area contributed by atoms with Gasteiger partial charge in [0.15, 0.2) is 0 Å². The predicted octanol–water partition coefficient (Wildman–Crippen LogP) is 3.12. The maximum Gasteiger partial charge on any atom is 0.335 e. The molecule has 6 heteroatoms. The van der Waals surface area contributed by atoms with Crippen molar-refractivity contribution in [1.82, 2.24) is 9.97 Å². The van der Waals surface area contributed by atoms with Crippen LogP contribution in [0.1, 0.15) is 15.9 Å². The van der Waals surface area contributed by atoms with E-state index in [0.29, 0.717) is 10.8 Å². The van der Waals surface area contributed by atoms with E-state index in [-0.39, 0.29) is 5.56 Å². The molecule has 92 valence electrons. The van der Waals surface area contributed by atoms with Crippen LogP contribution in [0, 0.1) is 0 Å². The molecule has 0 unspecified atom stereocenters. The molecule has 2 aromatic rings. The molecule has 0 saturated heterocycles. The van der Waals surface area contributed by atoms with Crippen LogP contribution in [0.5, 0.6) is 0 Å². The van der Waals surface area contributed by atoms with Gasteiger partial charge in [0.1, 0.15) is 6.33 Å². The third-order valence-electron chi connectivity index (χ3n) is 2.23. The second-order valence-corrected chi connectivity index (χ2v) is 4.85. The normalized spacial score (nSPS) is 10.3. The number of hydrogen-bond acceptors (Lipinski definition) is 4. The molecule has 0 saturated carbocycles. The van der Waals surface area contributed by atoms with Gasteiger partial charge in [-0.05, 0) is 23.8 Å². The lowest BCUT2D eigenvalue weighted by atomic mass is 10.1. The van der Waals surface area contributed by atoms with Gasteiger partial charge in [0.2, 0.25) is 0 Å². The van der Waals surface area contributed by atoms with Gasteiger partial charge in [-0.1, -0.05) is 17.7 Å². The molecule has 18 heavy (non-hydrogen) atoms. The summed E-state index contributed by atoms with van der Waals surface area (Å²) in [6, 6.07) is 6.54. The number of carboxylic acid groups (broad SMARTS) is 1. The van der Waals surface area contributed by atoms with E-state index >= 15 is 0 Å². The zero-order valence-electron chi connectivity index (χ0n) is 9.21. The van der Waals surface area contributed by atoms with Crippen molar-refractivity contribution in [3.63, 3.8) is 0 Å². The van der Waals surface area contributed by atoms with E-state index in [1.807, 2.05) is 6.07 Å². The third-order valence-corrected chi connectivity index (χ3v) is 3.57. The van der Waals surface area contributed by atoms with Gasteiger partial charge in [-0.2, -0.15) is 0 Å². The highest BCUT2D eigenvalue weighted by Gasteiger charge is 2.07. The van der Waals surface area contributed by atoms with Crippen molar-refractivity contribution < 1.29 is 9.90 Å². The Morgan fingerprint density at radius 2 is 2.22 bits per heavy atom. The molecule has 0 aliphatic heterocycles. The summed E-state index contributed by atoms with van der Waals surface area (Å²) >= 11 is 7.55. The van der Waals surface area contributed by atoms with Gasteiger partial charge in [0, 0.05) is 17.0 Å². The Bertz CT molecular complexity index is 563. The first-order chi connectivity index (χ1) is 8.66. The molecule has 4 nitrogen and oxygen atoms in total. The van der Waals surface area contributed by atoms with Crippen molar-refractivity contribution in [2.75, 3.05) is 0 Å². The van der Waals surface area contributed by atoms with E-state index in [1.54, 1.807) is 18.3 Å². The Labute approximate surface area is 113 Å². The molecule has 1 N–H and O–H groups in total. The summed E-state index contributed by atoms with van der Waals surface area (Å²) in [5.74, 6) is -0.345. The molecule has 0 fully saturated rings.